The Morgan fingerprint density at radius 3 is 2.43 bits per heavy atom. The second-order valence-electron chi connectivity index (χ2n) is 11.2. The third-order valence-electron chi connectivity index (χ3n) is 8.74. The number of amides is 2. The van der Waals surface area contributed by atoms with E-state index in [4.69, 9.17) is 11.6 Å². The van der Waals surface area contributed by atoms with Gasteiger partial charge in [-0.05, 0) is 85.5 Å². The van der Waals surface area contributed by atoms with Gasteiger partial charge in [0.15, 0.2) is 11.4 Å². The number of nitrogens with one attached hydrogen (secondary N) is 2. The van der Waals surface area contributed by atoms with Crippen molar-refractivity contribution < 1.29 is 27.9 Å². The van der Waals surface area contributed by atoms with E-state index in [0.717, 1.165) is 29.1 Å². The number of H-pyrrole nitrogens is 1. The molecular formula is C32H39BrClF3N8O4. The van der Waals surface area contributed by atoms with Gasteiger partial charge in [-0.25, -0.2) is 0 Å². The Kier molecular flexibility index (Phi) is 11.8. The lowest BCUT2D eigenvalue weighted by molar-refractivity contribution is -0.137. The smallest absolute Gasteiger partial charge is 0.416 e. The van der Waals surface area contributed by atoms with E-state index in [1.54, 1.807) is 16.4 Å². The first-order chi connectivity index (χ1) is 23.3. The molecule has 1 aromatic carbocycles. The molecule has 266 valence electrons. The summed E-state index contributed by atoms with van der Waals surface area (Å²) in [5.41, 5.74) is 0.111. The van der Waals surface area contributed by atoms with Crippen LogP contribution in [0, 0.1) is 12.8 Å². The Balaban J connectivity index is 0.00000130. The summed E-state index contributed by atoms with van der Waals surface area (Å²) >= 11 is 9.26. The molecule has 3 heterocycles. The molecule has 0 bridgehead atoms. The third kappa shape index (κ3) is 7.21. The molecule has 3 atom stereocenters. The number of aryl methyl sites for hydroxylation is 1. The highest BCUT2D eigenvalue weighted by Gasteiger charge is 2.47. The van der Waals surface area contributed by atoms with E-state index in [-0.39, 0.29) is 68.6 Å². The molecule has 2 aliphatic rings. The number of halogens is 5. The van der Waals surface area contributed by atoms with Gasteiger partial charge >= 0.3 is 6.18 Å². The van der Waals surface area contributed by atoms with Gasteiger partial charge in [-0.15, -0.1) is 5.10 Å². The molecule has 6 rings (SSSR count). The van der Waals surface area contributed by atoms with Gasteiger partial charge in [-0.2, -0.15) is 27.8 Å². The van der Waals surface area contributed by atoms with Gasteiger partial charge in [-0.3, -0.25) is 19.5 Å². The molecule has 0 aliphatic heterocycles. The number of alkyl halides is 3. The molecule has 1 fully saturated rings. The number of fused-ring (bicyclic) bond motifs is 2. The standard InChI is InChI=1S/C28H27BrClF3N8O4.2C2H6/c1-3-39(25(45)22-23(43)12(2)36-37-22)18-8-5-14(18)15-6-9-19-21(15)24(44)41-27(35-26(29)38-41)40(19)11-20(42)34-17-7-4-13(10-16(17)30)28(31,32)33;2*1-2/h4,7,10,14-15,18,43H,3,5-6,8-9,11H2,1-2H3,(H,34,42)(H,36,37);2*1-2H3. The molecule has 49 heavy (non-hydrogen) atoms. The van der Waals surface area contributed by atoms with E-state index in [1.165, 1.54) is 0 Å². The SMILES string of the molecule is CC.CC.CCN(C(=O)c1[nH]nc(C)c1O)C1CCC1C1CCc2c1c(=O)n1nc(Br)nc1n2CC(=O)Nc1ccc(C(F)(F)F)cc1Cl. The van der Waals surface area contributed by atoms with Crippen molar-refractivity contribution in [1.29, 1.82) is 0 Å². The lowest BCUT2D eigenvalue weighted by Gasteiger charge is -2.46. The number of aromatic nitrogens is 6. The van der Waals surface area contributed by atoms with E-state index in [1.807, 2.05) is 34.6 Å². The largest absolute Gasteiger partial charge is 0.504 e. The Bertz CT molecular complexity index is 1910. The number of hydrogen-bond acceptors (Lipinski definition) is 7. The highest BCUT2D eigenvalue weighted by molar-refractivity contribution is 9.10. The number of hydrogen-bond donors (Lipinski definition) is 3. The van der Waals surface area contributed by atoms with Crippen LogP contribution >= 0.6 is 27.5 Å². The Morgan fingerprint density at radius 2 is 1.88 bits per heavy atom. The highest BCUT2D eigenvalue weighted by atomic mass is 79.9. The number of carbonyl (C=O) groups is 2. The fourth-order valence-corrected chi connectivity index (χ4v) is 7.05. The van der Waals surface area contributed by atoms with E-state index in [2.05, 4.69) is 41.5 Å². The summed E-state index contributed by atoms with van der Waals surface area (Å²) in [4.78, 5) is 46.4. The zero-order chi connectivity index (χ0) is 36.4. The van der Waals surface area contributed by atoms with Crippen LogP contribution in [-0.2, 0) is 23.9 Å². The van der Waals surface area contributed by atoms with Crippen molar-refractivity contribution >= 4 is 50.8 Å². The van der Waals surface area contributed by atoms with Gasteiger partial charge in [0.25, 0.3) is 11.5 Å². The minimum Gasteiger partial charge on any atom is -0.504 e. The van der Waals surface area contributed by atoms with E-state index < -0.39 is 17.6 Å². The molecule has 2 aliphatic carbocycles. The quantitative estimate of drug-likeness (QED) is 0.189. The van der Waals surface area contributed by atoms with Crippen molar-refractivity contribution in [2.24, 2.45) is 5.92 Å². The number of benzene rings is 1. The van der Waals surface area contributed by atoms with Crippen molar-refractivity contribution in [2.45, 2.75) is 91.9 Å². The normalized spacial score (nSPS) is 18.1. The molecule has 1 saturated carbocycles. The average Bonchev–Trinajstić information content (AvgIpc) is 3.76. The number of anilines is 1. The van der Waals surface area contributed by atoms with Gasteiger partial charge in [0, 0.05) is 23.8 Å². The summed E-state index contributed by atoms with van der Waals surface area (Å²) in [6.07, 6.45) is -2.07. The molecule has 0 radical (unpaired) electrons. The third-order valence-corrected chi connectivity index (χ3v) is 9.39. The van der Waals surface area contributed by atoms with Gasteiger partial charge in [-0.1, -0.05) is 39.3 Å². The Hall–Kier alpha value is -3.92. The van der Waals surface area contributed by atoms with Crippen LogP contribution in [0.4, 0.5) is 18.9 Å². The average molecular weight is 772 g/mol. The topological polar surface area (TPSA) is 151 Å². The molecule has 0 spiro atoms. The maximum absolute atomic E-state index is 13.8. The van der Waals surface area contributed by atoms with Crippen LogP contribution in [0.25, 0.3) is 5.78 Å². The first kappa shape index (κ1) is 37.9. The summed E-state index contributed by atoms with van der Waals surface area (Å²) in [6.45, 7) is 11.5. The summed E-state index contributed by atoms with van der Waals surface area (Å²) in [5, 5.41) is 23.4. The van der Waals surface area contributed by atoms with Crippen LogP contribution < -0.4 is 10.9 Å². The van der Waals surface area contributed by atoms with Crippen molar-refractivity contribution in [3.8, 4) is 5.75 Å². The second-order valence-corrected chi connectivity index (χ2v) is 12.3. The molecule has 2 amide bonds. The van der Waals surface area contributed by atoms with Crippen LogP contribution in [0.1, 0.15) is 92.8 Å². The number of carbonyl (C=O) groups excluding carboxylic acids is 2. The summed E-state index contributed by atoms with van der Waals surface area (Å²) in [6, 6.07) is 2.45. The fourth-order valence-electron chi connectivity index (χ4n) is 6.51. The van der Waals surface area contributed by atoms with Gasteiger partial charge in [0.2, 0.25) is 16.4 Å². The first-order valence-corrected chi connectivity index (χ1v) is 17.4. The molecular weight excluding hydrogens is 733 g/mol. The molecule has 0 saturated heterocycles. The number of aromatic hydroxyl groups is 1. The summed E-state index contributed by atoms with van der Waals surface area (Å²) in [5.74, 6) is -1.34. The van der Waals surface area contributed by atoms with Crippen molar-refractivity contribution in [3.63, 3.8) is 0 Å². The van der Waals surface area contributed by atoms with Crippen LogP contribution in [0.3, 0.4) is 0 Å². The molecule has 17 heteroatoms. The van der Waals surface area contributed by atoms with E-state index in [9.17, 15) is 32.7 Å². The molecule has 4 aromatic rings. The van der Waals surface area contributed by atoms with Crippen LogP contribution in [0.2, 0.25) is 5.02 Å². The zero-order valence-corrected chi connectivity index (χ0v) is 30.3. The van der Waals surface area contributed by atoms with Crippen LogP contribution in [0.5, 0.6) is 5.75 Å². The molecule has 3 N–H and O–H groups in total. The lowest BCUT2D eigenvalue weighted by Crippen LogP contribution is -2.52. The van der Waals surface area contributed by atoms with Crippen molar-refractivity contribution in [1.82, 2.24) is 34.3 Å². The summed E-state index contributed by atoms with van der Waals surface area (Å²) < 4.78 is 42.1. The Labute approximate surface area is 294 Å². The van der Waals surface area contributed by atoms with E-state index >= 15 is 0 Å². The fraction of sp³-hybridized carbons (Fsp3) is 0.500. The number of aromatic amines is 1. The molecule has 12 nitrogen and oxygen atoms in total. The predicted octanol–water partition coefficient (Wildman–Crippen LogP) is 6.72. The Morgan fingerprint density at radius 1 is 1.18 bits per heavy atom. The molecule has 3 unspecified atom stereocenters. The zero-order valence-electron chi connectivity index (χ0n) is 28.0. The summed E-state index contributed by atoms with van der Waals surface area (Å²) in [7, 11) is 0. The van der Waals surface area contributed by atoms with Crippen molar-refractivity contribution in [3.05, 3.63) is 66.5 Å². The van der Waals surface area contributed by atoms with E-state index in [0.29, 0.717) is 42.8 Å². The van der Waals surface area contributed by atoms with Crippen LogP contribution in [-0.4, -0.2) is 63.8 Å². The second kappa shape index (κ2) is 15.3. The maximum Gasteiger partial charge on any atom is 0.416 e. The van der Waals surface area contributed by atoms with Gasteiger partial charge in [0.05, 0.1) is 16.3 Å². The van der Waals surface area contributed by atoms with Crippen LogP contribution in [0.15, 0.2) is 27.7 Å². The number of rotatable bonds is 7. The monoisotopic (exact) mass is 770 g/mol. The van der Waals surface area contributed by atoms with Crippen molar-refractivity contribution in [2.75, 3.05) is 11.9 Å². The molecule has 3 aromatic heterocycles. The van der Waals surface area contributed by atoms with Gasteiger partial charge < -0.3 is 19.9 Å². The maximum atomic E-state index is 13.8. The number of nitrogens with zero attached hydrogens (tertiary/aromatic N) is 6. The highest BCUT2D eigenvalue weighted by Crippen LogP contribution is 2.48. The lowest BCUT2D eigenvalue weighted by atomic mass is 9.69. The minimum atomic E-state index is -4.59. The first-order valence-electron chi connectivity index (χ1n) is 16.2. The minimum absolute atomic E-state index is 0.00373. The predicted molar refractivity (Wildman–Crippen MR) is 182 cm³/mol. The van der Waals surface area contributed by atoms with Gasteiger partial charge in [0.1, 0.15) is 12.2 Å².